The Bertz CT molecular complexity index is 334. The van der Waals surface area contributed by atoms with Crippen LogP contribution in [-0.4, -0.2) is 11.0 Å². The van der Waals surface area contributed by atoms with Gasteiger partial charge in [0.1, 0.15) is 5.82 Å². The number of hydrogen-bond donors (Lipinski definition) is 2. The lowest BCUT2D eigenvalue weighted by atomic mass is 9.82. The minimum absolute atomic E-state index is 0.527. The summed E-state index contributed by atoms with van der Waals surface area (Å²) in [7, 11) is 0. The third-order valence-electron chi connectivity index (χ3n) is 2.58. The van der Waals surface area contributed by atoms with Gasteiger partial charge in [-0.3, -0.25) is 0 Å². The molecular weight excluding hydrogens is 198 g/mol. The smallest absolute Gasteiger partial charge is 0.145 e. The molecule has 3 nitrogen and oxygen atoms in total. The summed E-state index contributed by atoms with van der Waals surface area (Å²) >= 11 is 5.99. The third kappa shape index (κ3) is 1.93. The Morgan fingerprint density at radius 2 is 2.29 bits per heavy atom. The van der Waals surface area contributed by atoms with Crippen LogP contribution in [-0.2, 0) is 0 Å². The first-order valence-corrected chi connectivity index (χ1v) is 5.20. The number of nitrogens with two attached hydrogens (primary N) is 1. The molecule has 0 aliphatic heterocycles. The number of pyridine rings is 1. The highest BCUT2D eigenvalue weighted by Crippen LogP contribution is 2.31. The topological polar surface area (TPSA) is 50.9 Å². The van der Waals surface area contributed by atoms with Gasteiger partial charge in [0.2, 0.25) is 0 Å². The van der Waals surface area contributed by atoms with E-state index in [4.69, 9.17) is 17.3 Å². The van der Waals surface area contributed by atoms with E-state index in [1.807, 2.05) is 0 Å². The summed E-state index contributed by atoms with van der Waals surface area (Å²) < 4.78 is 0. The molecule has 1 aromatic rings. The van der Waals surface area contributed by atoms with Gasteiger partial charge in [0.05, 0.1) is 16.9 Å². The fourth-order valence-corrected chi connectivity index (χ4v) is 2.00. The van der Waals surface area contributed by atoms with Crippen molar-refractivity contribution in [3.63, 3.8) is 0 Å². The van der Waals surface area contributed by atoms with E-state index in [1.165, 1.54) is 12.8 Å². The lowest BCUT2D eigenvalue weighted by molar-refractivity contribution is 0.308. The Morgan fingerprint density at radius 3 is 2.86 bits per heavy atom. The van der Waals surface area contributed by atoms with Crippen LogP contribution in [0.3, 0.4) is 0 Å². The van der Waals surface area contributed by atoms with Gasteiger partial charge < -0.3 is 11.1 Å². The van der Waals surface area contributed by atoms with Gasteiger partial charge in [0.15, 0.2) is 0 Å². The summed E-state index contributed by atoms with van der Waals surface area (Å²) in [6.07, 6.45) is 4.01. The zero-order valence-corrected chi connectivity index (χ0v) is 8.88. The number of halogens is 1. The van der Waals surface area contributed by atoms with Crippen molar-refractivity contribution in [3.05, 3.63) is 17.3 Å². The Hall–Kier alpha value is -0.960. The molecule has 0 bridgehead atoms. The van der Waals surface area contributed by atoms with E-state index in [9.17, 15) is 0 Å². The molecule has 1 aliphatic carbocycles. The number of nitrogens with one attached hydrogen (secondary N) is 1. The summed E-state index contributed by atoms with van der Waals surface area (Å²) in [6.45, 7) is 2.25. The quantitative estimate of drug-likeness (QED) is 0.791. The van der Waals surface area contributed by atoms with Crippen molar-refractivity contribution in [2.75, 3.05) is 11.1 Å². The second-order valence-electron chi connectivity index (χ2n) is 4.02. The van der Waals surface area contributed by atoms with Crippen molar-refractivity contribution in [2.45, 2.75) is 25.8 Å². The highest BCUT2D eigenvalue weighted by Gasteiger charge is 2.25. The van der Waals surface area contributed by atoms with Gasteiger partial charge in [-0.1, -0.05) is 18.5 Å². The van der Waals surface area contributed by atoms with Gasteiger partial charge in [0.25, 0.3) is 0 Å². The molecule has 14 heavy (non-hydrogen) atoms. The van der Waals surface area contributed by atoms with E-state index in [0.717, 1.165) is 11.7 Å². The van der Waals surface area contributed by atoms with Gasteiger partial charge in [-0.15, -0.1) is 0 Å². The molecule has 0 aromatic carbocycles. The van der Waals surface area contributed by atoms with Gasteiger partial charge in [-0.05, 0) is 24.8 Å². The number of hydrogen-bond acceptors (Lipinski definition) is 3. The van der Waals surface area contributed by atoms with Crippen LogP contribution in [0.15, 0.2) is 12.3 Å². The molecule has 1 aromatic heterocycles. The maximum atomic E-state index is 5.99. The van der Waals surface area contributed by atoms with Crippen LogP contribution in [0.2, 0.25) is 5.02 Å². The summed E-state index contributed by atoms with van der Waals surface area (Å²) in [5, 5.41) is 3.91. The van der Waals surface area contributed by atoms with Crippen molar-refractivity contribution in [2.24, 2.45) is 5.92 Å². The minimum atomic E-state index is 0.527. The number of nitrogen functional groups attached to an aromatic ring is 1. The lowest BCUT2D eigenvalue weighted by Crippen LogP contribution is -2.34. The minimum Gasteiger partial charge on any atom is -0.397 e. The molecule has 1 fully saturated rings. The summed E-state index contributed by atoms with van der Waals surface area (Å²) in [5.74, 6) is 1.57. The monoisotopic (exact) mass is 211 g/mol. The van der Waals surface area contributed by atoms with Crippen molar-refractivity contribution in [1.29, 1.82) is 0 Å². The van der Waals surface area contributed by atoms with Crippen LogP contribution in [0.1, 0.15) is 19.8 Å². The first-order chi connectivity index (χ1) is 6.65. The van der Waals surface area contributed by atoms with E-state index in [2.05, 4.69) is 17.2 Å². The molecule has 1 heterocycles. The van der Waals surface area contributed by atoms with E-state index in [-0.39, 0.29) is 0 Å². The van der Waals surface area contributed by atoms with Gasteiger partial charge in [-0.2, -0.15) is 0 Å². The zero-order valence-electron chi connectivity index (χ0n) is 8.13. The van der Waals surface area contributed by atoms with Crippen LogP contribution in [0.5, 0.6) is 0 Å². The molecule has 0 spiro atoms. The average Bonchev–Trinajstić information content (AvgIpc) is 2.06. The highest BCUT2D eigenvalue weighted by molar-refractivity contribution is 6.33. The second-order valence-corrected chi connectivity index (χ2v) is 4.42. The summed E-state index contributed by atoms with van der Waals surface area (Å²) in [4.78, 5) is 4.16. The molecule has 2 rings (SSSR count). The van der Waals surface area contributed by atoms with E-state index >= 15 is 0 Å². The molecule has 0 saturated heterocycles. The van der Waals surface area contributed by atoms with Gasteiger partial charge in [-0.25, -0.2) is 4.98 Å². The predicted molar refractivity (Wildman–Crippen MR) is 59.5 cm³/mol. The number of anilines is 2. The van der Waals surface area contributed by atoms with E-state index < -0.39 is 0 Å². The average molecular weight is 212 g/mol. The molecular formula is C10H14ClN3. The molecule has 0 amide bonds. The predicted octanol–water partition coefficient (Wildman–Crippen LogP) is 2.53. The number of rotatable bonds is 2. The van der Waals surface area contributed by atoms with Crippen molar-refractivity contribution >= 4 is 23.1 Å². The first-order valence-electron chi connectivity index (χ1n) is 4.82. The number of aromatic nitrogens is 1. The second kappa shape index (κ2) is 3.65. The lowest BCUT2D eigenvalue weighted by Gasteiger charge is -2.33. The van der Waals surface area contributed by atoms with Crippen LogP contribution in [0.25, 0.3) is 0 Å². The maximum absolute atomic E-state index is 5.99. The first kappa shape index (κ1) is 9.59. The van der Waals surface area contributed by atoms with Gasteiger partial charge in [0, 0.05) is 6.04 Å². The molecule has 1 saturated carbocycles. The zero-order chi connectivity index (χ0) is 10.1. The summed E-state index contributed by atoms with van der Waals surface area (Å²) in [5.41, 5.74) is 6.15. The fraction of sp³-hybridized carbons (Fsp3) is 0.500. The SMILES string of the molecule is CC1CC(Nc2ncc(N)cc2Cl)C1. The molecule has 3 N–H and O–H groups in total. The van der Waals surface area contributed by atoms with Crippen LogP contribution in [0.4, 0.5) is 11.5 Å². The standard InChI is InChI=1S/C10H14ClN3/c1-6-2-8(3-6)14-10-9(11)4-7(12)5-13-10/h4-6,8H,2-3,12H2,1H3,(H,13,14). The van der Waals surface area contributed by atoms with Crippen LogP contribution in [0, 0.1) is 5.92 Å². The Kier molecular flexibility index (Phi) is 2.50. The maximum Gasteiger partial charge on any atom is 0.145 e. The van der Waals surface area contributed by atoms with E-state index in [1.54, 1.807) is 12.3 Å². The Balaban J connectivity index is 2.02. The fourth-order valence-electron chi connectivity index (χ4n) is 1.77. The van der Waals surface area contributed by atoms with Crippen LogP contribution < -0.4 is 11.1 Å². The molecule has 76 valence electrons. The third-order valence-corrected chi connectivity index (χ3v) is 2.87. The van der Waals surface area contributed by atoms with Crippen molar-refractivity contribution in [1.82, 2.24) is 4.98 Å². The van der Waals surface area contributed by atoms with Gasteiger partial charge >= 0.3 is 0 Å². The molecule has 4 heteroatoms. The Labute approximate surface area is 88.7 Å². The Morgan fingerprint density at radius 1 is 1.57 bits per heavy atom. The molecule has 0 atom stereocenters. The molecule has 0 unspecified atom stereocenters. The summed E-state index contributed by atoms with van der Waals surface area (Å²) in [6, 6.07) is 2.25. The van der Waals surface area contributed by atoms with Crippen molar-refractivity contribution < 1.29 is 0 Å². The molecule has 0 radical (unpaired) electrons. The van der Waals surface area contributed by atoms with Crippen LogP contribution >= 0.6 is 11.6 Å². The number of nitrogens with zero attached hydrogens (tertiary/aromatic N) is 1. The largest absolute Gasteiger partial charge is 0.397 e. The highest BCUT2D eigenvalue weighted by atomic mass is 35.5. The molecule has 1 aliphatic rings. The normalized spacial score (nSPS) is 25.6. The van der Waals surface area contributed by atoms with E-state index in [0.29, 0.717) is 16.8 Å². The van der Waals surface area contributed by atoms with Crippen molar-refractivity contribution in [3.8, 4) is 0 Å².